The highest BCUT2D eigenvalue weighted by molar-refractivity contribution is 4.69. The normalized spacial score (nSPS) is 19.6. The Hall–Kier alpha value is -0.250. The van der Waals surface area contributed by atoms with Crippen LogP contribution in [0.2, 0.25) is 0 Å². The van der Waals surface area contributed by atoms with Crippen molar-refractivity contribution in [3.8, 4) is 0 Å². The van der Waals surface area contributed by atoms with Crippen LogP contribution in [0.25, 0.3) is 0 Å². The molecule has 1 aliphatic carbocycles. The van der Waals surface area contributed by atoms with Gasteiger partial charge in [-0.3, -0.25) is 0 Å². The fraction of sp³-hybridized carbons (Fsp3) is 1.00. The number of hydrogen-bond donors (Lipinski definition) is 1. The van der Waals surface area contributed by atoms with E-state index >= 15 is 0 Å². The number of nitrogens with one attached hydrogen (secondary N) is 1. The van der Waals surface area contributed by atoms with Crippen LogP contribution in [-0.2, 0) is 0 Å². The molecule has 78 valence electrons. The van der Waals surface area contributed by atoms with Crippen molar-refractivity contribution < 1.29 is 13.2 Å². The molecular formula is C9H16F3N. The van der Waals surface area contributed by atoms with Crippen LogP contribution in [0.15, 0.2) is 0 Å². The molecule has 0 atom stereocenters. The molecule has 1 saturated carbocycles. The summed E-state index contributed by atoms with van der Waals surface area (Å²) in [6.45, 7) is 0.829. The van der Waals surface area contributed by atoms with E-state index in [0.29, 0.717) is 5.92 Å². The number of halogens is 3. The standard InChI is InChI=1S/C9H16F3N/c10-9(11,12)5-6-13-7-8-3-1-2-4-8/h8,13H,1-7H2. The third-order valence-corrected chi connectivity index (χ3v) is 2.49. The van der Waals surface area contributed by atoms with Gasteiger partial charge in [0.05, 0.1) is 6.42 Å². The summed E-state index contributed by atoms with van der Waals surface area (Å²) in [4.78, 5) is 0. The molecule has 0 aliphatic heterocycles. The van der Waals surface area contributed by atoms with Crippen molar-refractivity contribution in [2.75, 3.05) is 13.1 Å². The predicted molar refractivity (Wildman–Crippen MR) is 45.5 cm³/mol. The molecule has 1 nitrogen and oxygen atoms in total. The zero-order valence-electron chi connectivity index (χ0n) is 7.66. The molecule has 0 heterocycles. The molecule has 1 N–H and O–H groups in total. The van der Waals surface area contributed by atoms with Crippen molar-refractivity contribution in [3.63, 3.8) is 0 Å². The summed E-state index contributed by atoms with van der Waals surface area (Å²) in [6.07, 6.45) is 0.123. The Morgan fingerprint density at radius 3 is 2.31 bits per heavy atom. The monoisotopic (exact) mass is 195 g/mol. The molecule has 0 amide bonds. The second kappa shape index (κ2) is 4.84. The lowest BCUT2D eigenvalue weighted by atomic mass is 10.1. The van der Waals surface area contributed by atoms with Gasteiger partial charge < -0.3 is 5.32 Å². The van der Waals surface area contributed by atoms with Crippen molar-refractivity contribution in [2.45, 2.75) is 38.3 Å². The van der Waals surface area contributed by atoms with Crippen LogP contribution in [0.3, 0.4) is 0 Å². The van der Waals surface area contributed by atoms with Gasteiger partial charge in [0, 0.05) is 6.54 Å². The molecule has 0 bridgehead atoms. The van der Waals surface area contributed by atoms with Crippen molar-refractivity contribution in [3.05, 3.63) is 0 Å². The minimum atomic E-state index is -4.01. The van der Waals surface area contributed by atoms with Gasteiger partial charge in [-0.05, 0) is 25.3 Å². The summed E-state index contributed by atoms with van der Waals surface area (Å²) in [5.74, 6) is 0.619. The van der Waals surface area contributed by atoms with Gasteiger partial charge in [0.2, 0.25) is 0 Å². The number of alkyl halides is 3. The summed E-state index contributed by atoms with van der Waals surface area (Å²) in [5.41, 5.74) is 0. The first kappa shape index (κ1) is 10.8. The first-order chi connectivity index (χ1) is 6.08. The van der Waals surface area contributed by atoms with Crippen molar-refractivity contribution in [1.29, 1.82) is 0 Å². The Morgan fingerprint density at radius 1 is 1.15 bits per heavy atom. The van der Waals surface area contributed by atoms with Crippen LogP contribution >= 0.6 is 0 Å². The van der Waals surface area contributed by atoms with Gasteiger partial charge in [-0.25, -0.2) is 0 Å². The van der Waals surface area contributed by atoms with Crippen molar-refractivity contribution in [1.82, 2.24) is 5.32 Å². The Kier molecular flexibility index (Phi) is 4.03. The molecule has 0 unspecified atom stereocenters. The van der Waals surface area contributed by atoms with Gasteiger partial charge in [-0.15, -0.1) is 0 Å². The molecule has 0 aromatic rings. The van der Waals surface area contributed by atoms with E-state index in [4.69, 9.17) is 0 Å². The lowest BCUT2D eigenvalue weighted by Gasteiger charge is -2.11. The summed E-state index contributed by atoms with van der Waals surface area (Å²) in [7, 11) is 0. The Morgan fingerprint density at radius 2 is 1.77 bits per heavy atom. The third-order valence-electron chi connectivity index (χ3n) is 2.49. The smallest absolute Gasteiger partial charge is 0.316 e. The van der Waals surface area contributed by atoms with Gasteiger partial charge in [-0.1, -0.05) is 12.8 Å². The molecule has 1 rings (SSSR count). The van der Waals surface area contributed by atoms with Crippen LogP contribution in [-0.4, -0.2) is 19.3 Å². The second-order valence-electron chi connectivity index (χ2n) is 3.72. The summed E-state index contributed by atoms with van der Waals surface area (Å²) in [6, 6.07) is 0. The fourth-order valence-electron chi connectivity index (χ4n) is 1.75. The van der Waals surface area contributed by atoms with Gasteiger partial charge in [0.25, 0.3) is 0 Å². The van der Waals surface area contributed by atoms with Crippen LogP contribution in [0.4, 0.5) is 13.2 Å². The SMILES string of the molecule is FC(F)(F)CCNCC1CCCC1. The average Bonchev–Trinajstić information content (AvgIpc) is 2.48. The van der Waals surface area contributed by atoms with E-state index in [1.165, 1.54) is 25.7 Å². The van der Waals surface area contributed by atoms with Gasteiger partial charge in [0.15, 0.2) is 0 Å². The van der Waals surface area contributed by atoms with Gasteiger partial charge >= 0.3 is 6.18 Å². The maximum absolute atomic E-state index is 11.7. The average molecular weight is 195 g/mol. The van der Waals surface area contributed by atoms with E-state index in [9.17, 15) is 13.2 Å². The van der Waals surface area contributed by atoms with Crippen LogP contribution in [0.1, 0.15) is 32.1 Å². The highest BCUT2D eigenvalue weighted by atomic mass is 19.4. The van der Waals surface area contributed by atoms with E-state index < -0.39 is 12.6 Å². The number of hydrogen-bond acceptors (Lipinski definition) is 1. The summed E-state index contributed by atoms with van der Waals surface area (Å²) >= 11 is 0. The summed E-state index contributed by atoms with van der Waals surface area (Å²) < 4.78 is 35.1. The molecule has 0 radical (unpaired) electrons. The molecule has 13 heavy (non-hydrogen) atoms. The largest absolute Gasteiger partial charge is 0.390 e. The third kappa shape index (κ3) is 5.13. The Bertz CT molecular complexity index is 138. The lowest BCUT2D eigenvalue weighted by molar-refractivity contribution is -0.133. The first-order valence-electron chi connectivity index (χ1n) is 4.85. The topological polar surface area (TPSA) is 12.0 Å². The molecule has 0 aromatic heterocycles. The first-order valence-corrected chi connectivity index (χ1v) is 4.85. The molecule has 0 aromatic carbocycles. The lowest BCUT2D eigenvalue weighted by Crippen LogP contribution is -2.26. The Balaban J connectivity index is 1.94. The Labute approximate surface area is 76.7 Å². The van der Waals surface area contributed by atoms with Crippen LogP contribution in [0, 0.1) is 5.92 Å². The molecule has 0 saturated heterocycles. The fourth-order valence-corrected chi connectivity index (χ4v) is 1.75. The number of rotatable bonds is 4. The van der Waals surface area contributed by atoms with E-state index in [1.807, 2.05) is 0 Å². The van der Waals surface area contributed by atoms with E-state index in [2.05, 4.69) is 5.32 Å². The summed E-state index contributed by atoms with van der Waals surface area (Å²) in [5, 5.41) is 2.86. The van der Waals surface area contributed by atoms with E-state index in [1.54, 1.807) is 0 Å². The molecular weight excluding hydrogens is 179 g/mol. The molecule has 1 fully saturated rings. The second-order valence-corrected chi connectivity index (χ2v) is 3.72. The van der Waals surface area contributed by atoms with Gasteiger partial charge in [-0.2, -0.15) is 13.2 Å². The maximum atomic E-state index is 11.7. The van der Waals surface area contributed by atoms with E-state index in [-0.39, 0.29) is 6.54 Å². The molecule has 1 aliphatic rings. The minimum absolute atomic E-state index is 0.0694. The highest BCUT2D eigenvalue weighted by Crippen LogP contribution is 2.24. The van der Waals surface area contributed by atoms with Gasteiger partial charge in [0.1, 0.15) is 0 Å². The zero-order valence-corrected chi connectivity index (χ0v) is 7.66. The molecule has 4 heteroatoms. The van der Waals surface area contributed by atoms with Crippen LogP contribution in [0.5, 0.6) is 0 Å². The van der Waals surface area contributed by atoms with Crippen molar-refractivity contribution >= 4 is 0 Å². The minimum Gasteiger partial charge on any atom is -0.316 e. The highest BCUT2D eigenvalue weighted by Gasteiger charge is 2.26. The molecule has 0 spiro atoms. The predicted octanol–water partition coefficient (Wildman–Crippen LogP) is 2.72. The maximum Gasteiger partial charge on any atom is 0.390 e. The quantitative estimate of drug-likeness (QED) is 0.680. The van der Waals surface area contributed by atoms with Crippen LogP contribution < -0.4 is 5.32 Å². The van der Waals surface area contributed by atoms with Crippen molar-refractivity contribution in [2.24, 2.45) is 5.92 Å². The zero-order chi connectivity index (χ0) is 9.73. The van der Waals surface area contributed by atoms with E-state index in [0.717, 1.165) is 6.54 Å².